The van der Waals surface area contributed by atoms with Gasteiger partial charge in [-0.25, -0.2) is 0 Å². The van der Waals surface area contributed by atoms with Crippen LogP contribution >= 0.6 is 0 Å². The second-order valence-corrected chi connectivity index (χ2v) is 4.76. The maximum absolute atomic E-state index is 6.02. The molecule has 0 aromatic heterocycles. The highest BCUT2D eigenvalue weighted by Gasteiger charge is 2.45. The monoisotopic (exact) mass is 216 g/mol. The Labute approximate surface area is 95.9 Å². The fourth-order valence-electron chi connectivity index (χ4n) is 2.79. The maximum Gasteiger partial charge on any atom is 0.166 e. The largest absolute Gasteiger partial charge is 0.493 e. The van der Waals surface area contributed by atoms with E-state index >= 15 is 0 Å². The molecule has 1 aliphatic heterocycles. The molecule has 2 unspecified atom stereocenters. The van der Waals surface area contributed by atoms with Crippen molar-refractivity contribution in [3.05, 3.63) is 35.9 Å². The molecule has 0 saturated carbocycles. The van der Waals surface area contributed by atoms with Crippen molar-refractivity contribution >= 4 is 0 Å². The topological polar surface area (TPSA) is 18.5 Å². The number of allylic oxidation sites excluding steroid dienone is 1. The summed E-state index contributed by atoms with van der Waals surface area (Å²) >= 11 is 0. The molecule has 84 valence electrons. The smallest absolute Gasteiger partial charge is 0.166 e. The summed E-state index contributed by atoms with van der Waals surface area (Å²) in [4.78, 5) is 0. The van der Waals surface area contributed by atoms with Crippen molar-refractivity contribution in [2.24, 2.45) is 0 Å². The molecule has 0 saturated heterocycles. The van der Waals surface area contributed by atoms with Gasteiger partial charge in [-0.3, -0.25) is 0 Å². The van der Waals surface area contributed by atoms with Crippen molar-refractivity contribution in [2.75, 3.05) is 7.11 Å². The highest BCUT2D eigenvalue weighted by Crippen LogP contribution is 2.51. The zero-order valence-corrected chi connectivity index (χ0v) is 9.69. The van der Waals surface area contributed by atoms with Crippen LogP contribution in [0.5, 0.6) is 11.5 Å². The zero-order chi connectivity index (χ0) is 11.2. The molecule has 0 spiro atoms. The summed E-state index contributed by atoms with van der Waals surface area (Å²) in [5.74, 6) is 1.78. The molecule has 0 amide bonds. The van der Waals surface area contributed by atoms with Crippen molar-refractivity contribution in [3.63, 3.8) is 0 Å². The van der Waals surface area contributed by atoms with Gasteiger partial charge in [0, 0.05) is 11.0 Å². The van der Waals surface area contributed by atoms with Crippen LogP contribution in [0.15, 0.2) is 30.4 Å². The average Bonchev–Trinajstić information content (AvgIpc) is 2.62. The van der Waals surface area contributed by atoms with Gasteiger partial charge in [0.2, 0.25) is 0 Å². The van der Waals surface area contributed by atoms with Crippen LogP contribution in [-0.4, -0.2) is 13.2 Å². The first-order valence-electron chi connectivity index (χ1n) is 5.76. The zero-order valence-electron chi connectivity index (χ0n) is 9.69. The first-order chi connectivity index (χ1) is 7.75. The fraction of sp³-hybridized carbons (Fsp3) is 0.429. The van der Waals surface area contributed by atoms with E-state index in [1.807, 2.05) is 12.1 Å². The van der Waals surface area contributed by atoms with Crippen LogP contribution in [0, 0.1) is 0 Å². The summed E-state index contributed by atoms with van der Waals surface area (Å²) in [7, 11) is 1.69. The minimum absolute atomic E-state index is 0.124. The van der Waals surface area contributed by atoms with E-state index in [0.29, 0.717) is 0 Å². The lowest BCUT2D eigenvalue weighted by Crippen LogP contribution is -2.35. The first kappa shape index (κ1) is 9.76. The Hall–Kier alpha value is -1.44. The summed E-state index contributed by atoms with van der Waals surface area (Å²) < 4.78 is 11.4. The van der Waals surface area contributed by atoms with Crippen LogP contribution in [0.3, 0.4) is 0 Å². The highest BCUT2D eigenvalue weighted by atomic mass is 16.5. The quantitative estimate of drug-likeness (QED) is 0.672. The predicted molar refractivity (Wildman–Crippen MR) is 63.1 cm³/mol. The third-order valence-electron chi connectivity index (χ3n) is 3.83. The molecule has 2 aliphatic rings. The average molecular weight is 216 g/mol. The number of para-hydroxylation sites is 1. The molecular weight excluding hydrogens is 200 g/mol. The Morgan fingerprint density at radius 2 is 2.31 bits per heavy atom. The van der Waals surface area contributed by atoms with E-state index in [4.69, 9.17) is 9.47 Å². The van der Waals surface area contributed by atoms with E-state index in [2.05, 4.69) is 25.1 Å². The summed E-state index contributed by atoms with van der Waals surface area (Å²) in [6.07, 6.45) is 6.85. The number of fused-ring (bicyclic) bond motifs is 3. The third kappa shape index (κ3) is 1.13. The molecule has 1 aliphatic carbocycles. The molecule has 3 rings (SSSR count). The van der Waals surface area contributed by atoms with Gasteiger partial charge >= 0.3 is 0 Å². The van der Waals surface area contributed by atoms with E-state index in [-0.39, 0.29) is 11.5 Å². The molecule has 1 heterocycles. The van der Waals surface area contributed by atoms with Gasteiger partial charge in [0.25, 0.3) is 0 Å². The van der Waals surface area contributed by atoms with Crippen molar-refractivity contribution in [2.45, 2.75) is 31.3 Å². The van der Waals surface area contributed by atoms with Crippen molar-refractivity contribution in [1.82, 2.24) is 0 Å². The van der Waals surface area contributed by atoms with Gasteiger partial charge in [-0.15, -0.1) is 0 Å². The van der Waals surface area contributed by atoms with Gasteiger partial charge in [0.1, 0.15) is 6.10 Å². The van der Waals surface area contributed by atoms with E-state index in [9.17, 15) is 0 Å². The van der Waals surface area contributed by atoms with Crippen molar-refractivity contribution < 1.29 is 9.47 Å². The minimum Gasteiger partial charge on any atom is -0.493 e. The molecule has 16 heavy (non-hydrogen) atoms. The summed E-state index contributed by atoms with van der Waals surface area (Å²) in [6, 6.07) is 6.17. The molecule has 2 atom stereocenters. The molecule has 0 N–H and O–H groups in total. The fourth-order valence-corrected chi connectivity index (χ4v) is 2.79. The molecule has 0 radical (unpaired) electrons. The van der Waals surface area contributed by atoms with Crippen LogP contribution in [0.2, 0.25) is 0 Å². The van der Waals surface area contributed by atoms with Gasteiger partial charge in [0.05, 0.1) is 7.11 Å². The molecule has 2 heteroatoms. The number of benzene rings is 1. The molecule has 2 nitrogen and oxygen atoms in total. The normalized spacial score (nSPS) is 30.5. The van der Waals surface area contributed by atoms with Crippen LogP contribution < -0.4 is 9.47 Å². The Kier molecular flexibility index (Phi) is 2.00. The number of hydrogen-bond donors (Lipinski definition) is 0. The lowest BCUT2D eigenvalue weighted by atomic mass is 9.73. The van der Waals surface area contributed by atoms with Crippen molar-refractivity contribution in [3.8, 4) is 11.5 Å². The Bertz CT molecular complexity index is 450. The summed E-state index contributed by atoms with van der Waals surface area (Å²) in [5, 5.41) is 0. The third-order valence-corrected chi connectivity index (χ3v) is 3.83. The lowest BCUT2D eigenvalue weighted by molar-refractivity contribution is 0.183. The molecule has 0 bridgehead atoms. The van der Waals surface area contributed by atoms with Gasteiger partial charge in [0.15, 0.2) is 11.5 Å². The van der Waals surface area contributed by atoms with E-state index < -0.39 is 0 Å². The summed E-state index contributed by atoms with van der Waals surface area (Å²) in [6.45, 7) is 2.28. The van der Waals surface area contributed by atoms with Gasteiger partial charge in [-0.2, -0.15) is 0 Å². The Morgan fingerprint density at radius 1 is 1.44 bits per heavy atom. The number of hydrogen-bond acceptors (Lipinski definition) is 2. The number of methoxy groups -OCH3 is 1. The van der Waals surface area contributed by atoms with Crippen LogP contribution in [-0.2, 0) is 5.41 Å². The summed E-state index contributed by atoms with van der Waals surface area (Å²) in [5.41, 5.74) is 1.42. The van der Waals surface area contributed by atoms with E-state index in [1.165, 1.54) is 5.56 Å². The number of ether oxygens (including phenoxy) is 2. The molecular formula is C14H16O2. The van der Waals surface area contributed by atoms with Gasteiger partial charge in [-0.1, -0.05) is 25.1 Å². The van der Waals surface area contributed by atoms with Gasteiger partial charge < -0.3 is 9.47 Å². The molecule has 0 fully saturated rings. The van der Waals surface area contributed by atoms with Gasteiger partial charge in [-0.05, 0) is 25.0 Å². The van der Waals surface area contributed by atoms with Crippen LogP contribution in [0.25, 0.3) is 0 Å². The highest BCUT2D eigenvalue weighted by molar-refractivity contribution is 5.55. The predicted octanol–water partition coefficient (Wildman–Crippen LogP) is 3.06. The van der Waals surface area contributed by atoms with E-state index in [1.54, 1.807) is 7.11 Å². The first-order valence-corrected chi connectivity index (χ1v) is 5.76. The second-order valence-electron chi connectivity index (χ2n) is 4.76. The van der Waals surface area contributed by atoms with Crippen molar-refractivity contribution in [1.29, 1.82) is 0 Å². The Morgan fingerprint density at radius 3 is 3.12 bits per heavy atom. The van der Waals surface area contributed by atoms with Crippen LogP contribution in [0.4, 0.5) is 0 Å². The second kappa shape index (κ2) is 3.27. The molecule has 1 aromatic rings. The minimum atomic E-state index is 0.124. The van der Waals surface area contributed by atoms with Crippen LogP contribution in [0.1, 0.15) is 25.3 Å². The Balaban J connectivity index is 2.16. The number of rotatable bonds is 1. The molecule has 1 aromatic carbocycles. The lowest BCUT2D eigenvalue weighted by Gasteiger charge is -2.31. The SMILES string of the molecule is COc1cccc2c1OC1C=CCCC21C. The van der Waals surface area contributed by atoms with E-state index in [0.717, 1.165) is 24.3 Å². The standard InChI is InChI=1S/C14H16O2/c1-14-9-4-3-8-12(14)16-13-10(14)6-5-7-11(13)15-2/h3,5-8,12H,4,9H2,1-2H3. The maximum atomic E-state index is 6.02.